The van der Waals surface area contributed by atoms with Gasteiger partial charge in [-0.1, -0.05) is 66.7 Å². The van der Waals surface area contributed by atoms with E-state index in [0.717, 1.165) is 28.9 Å². The largest absolute Gasteiger partial charge is 0.289 e. The summed E-state index contributed by atoms with van der Waals surface area (Å²) in [7, 11) is 0. The topological polar surface area (TPSA) is 17.1 Å². The molecular weight excluding hydrogens is 252 g/mol. The Balaban J connectivity index is 2.32. The van der Waals surface area contributed by atoms with Crippen LogP contribution in [0.1, 0.15) is 27.9 Å². The summed E-state index contributed by atoms with van der Waals surface area (Å²) in [6.07, 6.45) is 4.94. The van der Waals surface area contributed by atoms with Gasteiger partial charge in [0.2, 0.25) is 0 Å². The zero-order chi connectivity index (χ0) is 13.5. The number of thiol groups is 1. The summed E-state index contributed by atoms with van der Waals surface area (Å²) < 4.78 is 0. The molecule has 2 rings (SSSR count). The summed E-state index contributed by atoms with van der Waals surface area (Å²) in [5.41, 5.74) is 2.42. The average Bonchev–Trinajstić information content (AvgIpc) is 2.48. The van der Waals surface area contributed by atoms with Gasteiger partial charge in [-0.2, -0.15) is 12.6 Å². The van der Waals surface area contributed by atoms with Gasteiger partial charge in [-0.05, 0) is 17.7 Å². The van der Waals surface area contributed by atoms with E-state index in [0.29, 0.717) is 0 Å². The lowest BCUT2D eigenvalue weighted by molar-refractivity contribution is 0.103. The van der Waals surface area contributed by atoms with E-state index in [1.807, 2.05) is 66.7 Å². The molecule has 0 heterocycles. The minimum Gasteiger partial charge on any atom is -0.289 e. The fourth-order valence-corrected chi connectivity index (χ4v) is 2.03. The number of carbonyl (C=O) groups excluding carboxylic acids is 1. The van der Waals surface area contributed by atoms with E-state index in [1.165, 1.54) is 0 Å². The van der Waals surface area contributed by atoms with Crippen LogP contribution in [-0.2, 0) is 0 Å². The van der Waals surface area contributed by atoms with Crippen molar-refractivity contribution in [3.63, 3.8) is 0 Å². The van der Waals surface area contributed by atoms with E-state index in [4.69, 9.17) is 0 Å². The number of benzene rings is 2. The lowest BCUT2D eigenvalue weighted by atomic mass is 9.98. The molecule has 0 fully saturated rings. The molecule has 0 bridgehead atoms. The van der Waals surface area contributed by atoms with Crippen molar-refractivity contribution in [2.24, 2.45) is 0 Å². The van der Waals surface area contributed by atoms with Crippen molar-refractivity contribution in [3.05, 3.63) is 77.4 Å². The average molecular weight is 268 g/mol. The maximum Gasteiger partial charge on any atom is 0.193 e. The van der Waals surface area contributed by atoms with Crippen LogP contribution in [0, 0.1) is 0 Å². The second-order valence-electron chi connectivity index (χ2n) is 4.20. The third kappa shape index (κ3) is 3.58. The van der Waals surface area contributed by atoms with Crippen molar-refractivity contribution >= 4 is 24.5 Å². The normalized spacial score (nSPS) is 10.8. The van der Waals surface area contributed by atoms with Gasteiger partial charge in [0.05, 0.1) is 0 Å². The Kier molecular flexibility index (Phi) is 4.99. The molecule has 0 unspecified atom stereocenters. The highest BCUT2D eigenvalue weighted by Gasteiger charge is 2.10. The Labute approximate surface area is 119 Å². The summed E-state index contributed by atoms with van der Waals surface area (Å²) in [5.74, 6) is 0.873. The van der Waals surface area contributed by atoms with Crippen LogP contribution in [0.4, 0.5) is 0 Å². The molecule has 0 aliphatic carbocycles. The van der Waals surface area contributed by atoms with Crippen LogP contribution < -0.4 is 0 Å². The summed E-state index contributed by atoms with van der Waals surface area (Å²) in [4.78, 5) is 12.5. The molecule has 0 saturated heterocycles. The lowest BCUT2D eigenvalue weighted by Crippen LogP contribution is -2.03. The molecule has 0 aliphatic rings. The van der Waals surface area contributed by atoms with Crippen molar-refractivity contribution in [1.82, 2.24) is 0 Å². The Morgan fingerprint density at radius 3 is 2.42 bits per heavy atom. The monoisotopic (exact) mass is 268 g/mol. The molecule has 0 amide bonds. The van der Waals surface area contributed by atoms with Crippen LogP contribution in [-0.4, -0.2) is 11.5 Å². The molecule has 2 aromatic rings. The second-order valence-corrected chi connectivity index (χ2v) is 4.64. The zero-order valence-electron chi connectivity index (χ0n) is 10.6. The molecule has 0 radical (unpaired) electrons. The first-order valence-electron chi connectivity index (χ1n) is 6.29. The van der Waals surface area contributed by atoms with E-state index in [1.54, 1.807) is 0 Å². The molecule has 1 nitrogen and oxygen atoms in total. The van der Waals surface area contributed by atoms with Gasteiger partial charge < -0.3 is 0 Å². The Hall–Kier alpha value is -1.80. The van der Waals surface area contributed by atoms with Crippen LogP contribution in [0.25, 0.3) is 6.08 Å². The fourth-order valence-electron chi connectivity index (χ4n) is 1.88. The predicted molar refractivity (Wildman–Crippen MR) is 83.8 cm³/mol. The molecule has 96 valence electrons. The summed E-state index contributed by atoms with van der Waals surface area (Å²) in [6.45, 7) is 0. The maximum absolute atomic E-state index is 12.5. The number of hydrogen-bond acceptors (Lipinski definition) is 2. The lowest BCUT2D eigenvalue weighted by Gasteiger charge is -2.05. The molecule has 0 aliphatic heterocycles. The summed E-state index contributed by atoms with van der Waals surface area (Å²) >= 11 is 4.17. The van der Waals surface area contributed by atoms with E-state index in [-0.39, 0.29) is 5.78 Å². The Morgan fingerprint density at radius 2 is 1.68 bits per heavy atom. The highest BCUT2D eigenvalue weighted by Crippen LogP contribution is 2.16. The van der Waals surface area contributed by atoms with Gasteiger partial charge in [0.25, 0.3) is 0 Å². The Morgan fingerprint density at radius 1 is 1.00 bits per heavy atom. The van der Waals surface area contributed by atoms with Gasteiger partial charge in [-0.15, -0.1) is 0 Å². The maximum atomic E-state index is 12.5. The van der Waals surface area contributed by atoms with Crippen LogP contribution in [0.5, 0.6) is 0 Å². The van der Waals surface area contributed by atoms with Crippen LogP contribution in [0.3, 0.4) is 0 Å². The molecule has 2 heteroatoms. The van der Waals surface area contributed by atoms with Gasteiger partial charge in [0, 0.05) is 11.1 Å². The summed E-state index contributed by atoms with van der Waals surface area (Å²) in [6, 6.07) is 17.0. The van der Waals surface area contributed by atoms with Gasteiger partial charge in [0.15, 0.2) is 5.78 Å². The van der Waals surface area contributed by atoms with E-state index >= 15 is 0 Å². The molecule has 0 aromatic heterocycles. The van der Waals surface area contributed by atoms with E-state index < -0.39 is 0 Å². The Bertz CT molecular complexity index is 573. The minimum atomic E-state index is 0.0618. The number of allylic oxidation sites excluding steroid dienone is 1. The van der Waals surface area contributed by atoms with E-state index in [2.05, 4.69) is 12.6 Å². The van der Waals surface area contributed by atoms with Gasteiger partial charge in [-0.3, -0.25) is 4.79 Å². The highest BCUT2D eigenvalue weighted by molar-refractivity contribution is 7.80. The first kappa shape index (κ1) is 13.6. The van der Waals surface area contributed by atoms with Gasteiger partial charge in [-0.25, -0.2) is 0 Å². The van der Waals surface area contributed by atoms with Crippen LogP contribution >= 0.6 is 12.6 Å². The number of rotatable bonds is 5. The zero-order valence-corrected chi connectivity index (χ0v) is 11.5. The molecule has 0 saturated carbocycles. The van der Waals surface area contributed by atoms with Crippen molar-refractivity contribution in [2.75, 3.05) is 5.75 Å². The molecule has 0 spiro atoms. The third-order valence-electron chi connectivity index (χ3n) is 2.83. The second kappa shape index (κ2) is 6.95. The fraction of sp³-hybridized carbons (Fsp3) is 0.118. The smallest absolute Gasteiger partial charge is 0.193 e. The minimum absolute atomic E-state index is 0.0618. The molecule has 2 aromatic carbocycles. The third-order valence-corrected chi connectivity index (χ3v) is 3.09. The summed E-state index contributed by atoms with van der Waals surface area (Å²) in [5, 5.41) is 0. The number of carbonyl (C=O) groups is 1. The quantitative estimate of drug-likeness (QED) is 0.633. The van der Waals surface area contributed by atoms with Crippen molar-refractivity contribution in [2.45, 2.75) is 6.42 Å². The van der Waals surface area contributed by atoms with Crippen molar-refractivity contribution < 1.29 is 4.79 Å². The van der Waals surface area contributed by atoms with Crippen molar-refractivity contribution in [3.8, 4) is 0 Å². The van der Waals surface area contributed by atoms with E-state index in [9.17, 15) is 4.79 Å². The standard InChI is InChI=1S/C17H16OS/c18-17(15-10-2-1-3-11-15)16-12-5-4-8-14(16)9-6-7-13-19/h1-6,8-12,19H,7,13H2. The SMILES string of the molecule is O=C(c1ccccc1)c1ccccc1C=CCCS. The molecule has 0 N–H and O–H groups in total. The van der Waals surface area contributed by atoms with Gasteiger partial charge in [0.1, 0.15) is 0 Å². The molecule has 19 heavy (non-hydrogen) atoms. The van der Waals surface area contributed by atoms with Crippen molar-refractivity contribution in [1.29, 1.82) is 0 Å². The first-order chi connectivity index (χ1) is 9.33. The van der Waals surface area contributed by atoms with Crippen LogP contribution in [0.2, 0.25) is 0 Å². The predicted octanol–water partition coefficient (Wildman–Crippen LogP) is 4.25. The number of hydrogen-bond donors (Lipinski definition) is 1. The van der Waals surface area contributed by atoms with Crippen LogP contribution in [0.15, 0.2) is 60.7 Å². The highest BCUT2D eigenvalue weighted by atomic mass is 32.1. The number of ketones is 1. The first-order valence-corrected chi connectivity index (χ1v) is 6.92. The molecular formula is C17H16OS. The van der Waals surface area contributed by atoms with Gasteiger partial charge >= 0.3 is 0 Å². The molecule has 0 atom stereocenters.